The Morgan fingerprint density at radius 2 is 2.00 bits per heavy atom. The number of nitrogens with zero attached hydrogens (tertiary/aromatic N) is 3. The monoisotopic (exact) mass is 370 g/mol. The molecule has 3 N–H and O–H groups in total. The Morgan fingerprint density at radius 3 is 2.73 bits per heavy atom. The maximum Gasteiger partial charge on any atom is 0.321 e. The van der Waals surface area contributed by atoms with Crippen molar-refractivity contribution in [3.05, 3.63) is 58.2 Å². The van der Waals surface area contributed by atoms with Crippen molar-refractivity contribution in [2.75, 3.05) is 11.9 Å². The van der Waals surface area contributed by atoms with Gasteiger partial charge in [-0.15, -0.1) is 0 Å². The maximum atomic E-state index is 12.0. The van der Waals surface area contributed by atoms with Crippen molar-refractivity contribution in [1.29, 1.82) is 0 Å². The molecule has 2 amide bonds. The van der Waals surface area contributed by atoms with Gasteiger partial charge in [0.1, 0.15) is 5.82 Å². The summed E-state index contributed by atoms with van der Waals surface area (Å²) in [6.07, 6.45) is 3.87. The summed E-state index contributed by atoms with van der Waals surface area (Å²) in [5, 5.41) is 5.99. The van der Waals surface area contributed by atoms with Gasteiger partial charge in [-0.3, -0.25) is 15.1 Å². The zero-order chi connectivity index (χ0) is 18.5. The van der Waals surface area contributed by atoms with Crippen LogP contribution in [0.1, 0.15) is 17.2 Å². The number of rotatable bonds is 5. The van der Waals surface area contributed by atoms with E-state index in [-0.39, 0.29) is 11.6 Å². The van der Waals surface area contributed by atoms with Crippen molar-refractivity contribution in [1.82, 2.24) is 25.3 Å². The summed E-state index contributed by atoms with van der Waals surface area (Å²) in [6, 6.07) is 4.88. The van der Waals surface area contributed by atoms with Crippen LogP contribution in [0.25, 0.3) is 10.4 Å². The summed E-state index contributed by atoms with van der Waals surface area (Å²) in [4.78, 5) is 39.7. The second kappa shape index (κ2) is 7.87. The largest absolute Gasteiger partial charge is 0.337 e. The first-order chi connectivity index (χ1) is 12.5. The van der Waals surface area contributed by atoms with Crippen LogP contribution in [-0.4, -0.2) is 32.5 Å². The number of hydrogen-bond acceptors (Lipinski definition) is 6. The van der Waals surface area contributed by atoms with Crippen LogP contribution >= 0.6 is 11.3 Å². The number of urea groups is 1. The number of thiazole rings is 1. The molecule has 0 aliphatic heterocycles. The number of aromatic amines is 1. The minimum absolute atomic E-state index is 0.196. The molecule has 0 atom stereocenters. The van der Waals surface area contributed by atoms with Crippen LogP contribution in [0.5, 0.6) is 0 Å². The molecular weight excluding hydrogens is 352 g/mol. The molecule has 3 heterocycles. The lowest BCUT2D eigenvalue weighted by molar-refractivity contribution is 0.252. The van der Waals surface area contributed by atoms with Gasteiger partial charge < -0.3 is 10.3 Å². The van der Waals surface area contributed by atoms with Crippen LogP contribution in [0.2, 0.25) is 0 Å². The normalized spacial score (nSPS) is 10.5. The molecule has 0 aliphatic rings. The van der Waals surface area contributed by atoms with Crippen LogP contribution in [0.3, 0.4) is 0 Å². The van der Waals surface area contributed by atoms with Gasteiger partial charge in [-0.2, -0.15) is 0 Å². The van der Waals surface area contributed by atoms with Gasteiger partial charge in [0, 0.05) is 37.1 Å². The van der Waals surface area contributed by atoms with Gasteiger partial charge in [0.15, 0.2) is 5.13 Å². The summed E-state index contributed by atoms with van der Waals surface area (Å²) in [7, 11) is 0. The third kappa shape index (κ3) is 4.51. The molecule has 0 bridgehead atoms. The molecule has 26 heavy (non-hydrogen) atoms. The number of anilines is 1. The summed E-state index contributed by atoms with van der Waals surface area (Å²) in [5.41, 5.74) is 2.31. The predicted molar refractivity (Wildman–Crippen MR) is 100 cm³/mol. The molecule has 0 aromatic carbocycles. The summed E-state index contributed by atoms with van der Waals surface area (Å²) in [5.74, 6) is 0.542. The number of H-pyrrole nitrogens is 1. The van der Waals surface area contributed by atoms with E-state index in [1.54, 1.807) is 19.3 Å². The van der Waals surface area contributed by atoms with E-state index in [2.05, 4.69) is 30.6 Å². The number of aryl methyl sites for hydroxylation is 2. The fourth-order valence-electron chi connectivity index (χ4n) is 2.42. The van der Waals surface area contributed by atoms with Gasteiger partial charge in [0.05, 0.1) is 10.6 Å². The molecule has 0 saturated heterocycles. The Kier molecular flexibility index (Phi) is 5.37. The van der Waals surface area contributed by atoms with Crippen molar-refractivity contribution in [2.45, 2.75) is 20.3 Å². The van der Waals surface area contributed by atoms with Gasteiger partial charge in [-0.05, 0) is 31.5 Å². The number of carbonyl (C=O) groups excluding carboxylic acids is 1. The summed E-state index contributed by atoms with van der Waals surface area (Å²) in [6.45, 7) is 4.00. The van der Waals surface area contributed by atoms with E-state index >= 15 is 0 Å². The van der Waals surface area contributed by atoms with E-state index in [0.29, 0.717) is 29.6 Å². The SMILES string of the molecule is Cc1cc(=O)[nH]c(CCNC(=O)Nc2nc(C)c(-c3ccncc3)s2)n1. The molecule has 8 nitrogen and oxygen atoms in total. The number of nitrogens with one attached hydrogen (secondary N) is 3. The molecule has 9 heteroatoms. The fourth-order valence-corrected chi connectivity index (χ4v) is 3.38. The Balaban J connectivity index is 1.56. The van der Waals surface area contributed by atoms with Gasteiger partial charge in [-0.25, -0.2) is 14.8 Å². The van der Waals surface area contributed by atoms with E-state index in [1.165, 1.54) is 17.4 Å². The van der Waals surface area contributed by atoms with E-state index < -0.39 is 0 Å². The van der Waals surface area contributed by atoms with Gasteiger partial charge in [0.2, 0.25) is 0 Å². The van der Waals surface area contributed by atoms with Crippen LogP contribution in [0.15, 0.2) is 35.4 Å². The zero-order valence-electron chi connectivity index (χ0n) is 14.4. The van der Waals surface area contributed by atoms with Gasteiger partial charge >= 0.3 is 6.03 Å². The van der Waals surface area contributed by atoms with Crippen LogP contribution in [0.4, 0.5) is 9.93 Å². The van der Waals surface area contributed by atoms with E-state index in [0.717, 1.165) is 16.1 Å². The standard InChI is InChI=1S/C17H18N6O2S/c1-10-9-14(24)22-13(20-10)5-8-19-16(25)23-17-21-11(2)15(26-17)12-3-6-18-7-4-12/h3-4,6-7,9H,5,8H2,1-2H3,(H,20,22,24)(H2,19,21,23,25). The van der Waals surface area contributed by atoms with Gasteiger partial charge in [0.25, 0.3) is 5.56 Å². The molecule has 0 radical (unpaired) electrons. The molecule has 3 aromatic heterocycles. The average molecular weight is 370 g/mol. The Hall–Kier alpha value is -3.07. The highest BCUT2D eigenvalue weighted by Gasteiger charge is 2.11. The van der Waals surface area contributed by atoms with Crippen LogP contribution in [0, 0.1) is 13.8 Å². The number of amides is 2. The first-order valence-corrected chi connectivity index (χ1v) is 8.82. The highest BCUT2D eigenvalue weighted by molar-refractivity contribution is 7.19. The second-order valence-corrected chi connectivity index (χ2v) is 6.63. The molecule has 0 unspecified atom stereocenters. The summed E-state index contributed by atoms with van der Waals surface area (Å²) >= 11 is 1.40. The Morgan fingerprint density at radius 1 is 1.23 bits per heavy atom. The van der Waals surface area contributed by atoms with Crippen molar-refractivity contribution in [3.8, 4) is 10.4 Å². The fraction of sp³-hybridized carbons (Fsp3) is 0.235. The minimum Gasteiger partial charge on any atom is -0.337 e. The first-order valence-electron chi connectivity index (χ1n) is 8.01. The van der Waals surface area contributed by atoms with Crippen LogP contribution < -0.4 is 16.2 Å². The highest BCUT2D eigenvalue weighted by Crippen LogP contribution is 2.32. The number of carbonyl (C=O) groups is 1. The molecule has 0 fully saturated rings. The molecule has 0 spiro atoms. The second-order valence-electron chi connectivity index (χ2n) is 5.63. The van der Waals surface area contributed by atoms with Crippen LogP contribution in [-0.2, 0) is 6.42 Å². The minimum atomic E-state index is -0.352. The Bertz CT molecular complexity index is 967. The van der Waals surface area contributed by atoms with Crippen molar-refractivity contribution in [2.24, 2.45) is 0 Å². The molecular formula is C17H18N6O2S. The highest BCUT2D eigenvalue weighted by atomic mass is 32.1. The predicted octanol–water partition coefficient (Wildman–Crippen LogP) is 2.27. The Labute approximate surface area is 153 Å². The quantitative estimate of drug-likeness (QED) is 0.638. The smallest absolute Gasteiger partial charge is 0.321 e. The number of pyridine rings is 1. The first kappa shape index (κ1) is 17.7. The van der Waals surface area contributed by atoms with Gasteiger partial charge in [-0.1, -0.05) is 11.3 Å². The average Bonchev–Trinajstić information content (AvgIpc) is 2.95. The van der Waals surface area contributed by atoms with Crippen molar-refractivity contribution < 1.29 is 4.79 Å². The zero-order valence-corrected chi connectivity index (χ0v) is 15.2. The third-order valence-corrected chi connectivity index (χ3v) is 4.65. The maximum absolute atomic E-state index is 12.0. The van der Waals surface area contributed by atoms with Crippen molar-refractivity contribution in [3.63, 3.8) is 0 Å². The summed E-state index contributed by atoms with van der Waals surface area (Å²) < 4.78 is 0. The van der Waals surface area contributed by atoms with E-state index in [1.807, 2.05) is 19.1 Å². The molecule has 0 saturated carbocycles. The lowest BCUT2D eigenvalue weighted by Crippen LogP contribution is -2.31. The molecule has 3 rings (SSSR count). The van der Waals surface area contributed by atoms with Crippen molar-refractivity contribution >= 4 is 22.5 Å². The molecule has 0 aliphatic carbocycles. The number of aromatic nitrogens is 4. The lowest BCUT2D eigenvalue weighted by Gasteiger charge is -2.05. The molecule has 3 aromatic rings. The molecule has 134 valence electrons. The third-order valence-electron chi connectivity index (χ3n) is 3.53. The van der Waals surface area contributed by atoms with E-state index in [9.17, 15) is 9.59 Å². The lowest BCUT2D eigenvalue weighted by atomic mass is 10.2. The number of hydrogen-bond donors (Lipinski definition) is 3. The topological polar surface area (TPSA) is 113 Å². The van der Waals surface area contributed by atoms with E-state index in [4.69, 9.17) is 0 Å².